The second kappa shape index (κ2) is 7.06. The van der Waals surface area contributed by atoms with E-state index in [2.05, 4.69) is 0 Å². The molecule has 0 fully saturated rings. The molecule has 0 aromatic heterocycles. The van der Waals surface area contributed by atoms with E-state index in [1.165, 1.54) is 0 Å². The van der Waals surface area contributed by atoms with Crippen molar-refractivity contribution < 1.29 is 5.11 Å². The third-order valence-electron chi connectivity index (χ3n) is 3.57. The fraction of sp³-hybridized carbons (Fsp3) is 0.0526. The van der Waals surface area contributed by atoms with E-state index in [1.807, 2.05) is 91.0 Å². The van der Waals surface area contributed by atoms with Crippen LogP contribution in [0.15, 0.2) is 91.0 Å². The summed E-state index contributed by atoms with van der Waals surface area (Å²) < 4.78 is 0. The summed E-state index contributed by atoms with van der Waals surface area (Å²) >= 11 is 0. The summed E-state index contributed by atoms with van der Waals surface area (Å²) in [6, 6.07) is 29.3. The first-order chi connectivity index (χ1) is 9.82. The van der Waals surface area contributed by atoms with Crippen LogP contribution in [0.2, 0.25) is 0 Å². The molecule has 0 saturated carbocycles. The van der Waals surface area contributed by atoms with Gasteiger partial charge in [-0.1, -0.05) is 91.0 Å². The number of hydrogen-bond acceptors (Lipinski definition) is 1. The van der Waals surface area contributed by atoms with Gasteiger partial charge in [0.1, 0.15) is 5.60 Å². The molecule has 0 bridgehead atoms. The summed E-state index contributed by atoms with van der Waals surface area (Å²) in [4.78, 5) is 0. The number of rotatable bonds is 3. The van der Waals surface area contributed by atoms with Crippen molar-refractivity contribution >= 4 is 29.6 Å². The van der Waals surface area contributed by atoms with Crippen molar-refractivity contribution in [2.24, 2.45) is 0 Å². The van der Waals surface area contributed by atoms with Crippen LogP contribution < -0.4 is 0 Å². The molecule has 0 saturated heterocycles. The summed E-state index contributed by atoms with van der Waals surface area (Å²) in [5.41, 5.74) is 1.50. The average Bonchev–Trinajstić information content (AvgIpc) is 2.56. The first-order valence-corrected chi connectivity index (χ1v) is 6.71. The van der Waals surface area contributed by atoms with E-state index in [-0.39, 0.29) is 29.6 Å². The van der Waals surface area contributed by atoms with Crippen LogP contribution in [0.3, 0.4) is 0 Å². The van der Waals surface area contributed by atoms with Crippen molar-refractivity contribution in [1.82, 2.24) is 0 Å². The molecule has 1 nitrogen and oxygen atoms in total. The van der Waals surface area contributed by atoms with Crippen LogP contribution in [0.25, 0.3) is 0 Å². The van der Waals surface area contributed by atoms with Gasteiger partial charge in [-0.2, -0.15) is 0 Å². The Morgan fingerprint density at radius 1 is 0.476 bits per heavy atom. The van der Waals surface area contributed by atoms with Crippen LogP contribution in [0.4, 0.5) is 0 Å². The van der Waals surface area contributed by atoms with Gasteiger partial charge >= 0.3 is 29.6 Å². The minimum atomic E-state index is -1.12. The summed E-state index contributed by atoms with van der Waals surface area (Å²) in [7, 11) is 0. The first-order valence-electron chi connectivity index (χ1n) is 6.71. The van der Waals surface area contributed by atoms with Gasteiger partial charge in [-0.25, -0.2) is 0 Å². The fourth-order valence-corrected chi connectivity index (χ4v) is 2.54. The van der Waals surface area contributed by atoms with Gasteiger partial charge in [0.15, 0.2) is 0 Å². The van der Waals surface area contributed by atoms with E-state index in [0.717, 1.165) is 16.7 Å². The van der Waals surface area contributed by atoms with E-state index in [9.17, 15) is 5.11 Å². The van der Waals surface area contributed by atoms with Crippen molar-refractivity contribution in [2.45, 2.75) is 5.60 Å². The molecule has 0 spiro atoms. The van der Waals surface area contributed by atoms with Crippen molar-refractivity contribution in [1.29, 1.82) is 0 Å². The Bertz CT molecular complexity index is 569. The number of aliphatic hydroxyl groups is 1. The zero-order valence-corrected chi connectivity index (χ0v) is 11.1. The number of hydrogen-bond donors (Lipinski definition) is 1. The van der Waals surface area contributed by atoms with Crippen molar-refractivity contribution in [2.75, 3.05) is 0 Å². The van der Waals surface area contributed by atoms with Crippen LogP contribution in [-0.2, 0) is 5.60 Å². The van der Waals surface area contributed by atoms with E-state index in [0.29, 0.717) is 0 Å². The molecule has 0 aliphatic rings. The van der Waals surface area contributed by atoms with Crippen LogP contribution >= 0.6 is 0 Å². The fourth-order valence-electron chi connectivity index (χ4n) is 2.54. The molecule has 3 aromatic rings. The summed E-state index contributed by atoms with van der Waals surface area (Å²) in [6.07, 6.45) is 0. The van der Waals surface area contributed by atoms with Crippen LogP contribution in [0.5, 0.6) is 0 Å². The topological polar surface area (TPSA) is 20.2 Å². The minimum absolute atomic E-state index is 0. The van der Waals surface area contributed by atoms with Gasteiger partial charge in [0.05, 0.1) is 0 Å². The molecular formula is C19H17NaO. The Hall–Kier alpha value is -1.38. The molecule has 0 unspecified atom stereocenters. The summed E-state index contributed by atoms with van der Waals surface area (Å²) in [5, 5.41) is 11.4. The summed E-state index contributed by atoms with van der Waals surface area (Å²) in [6.45, 7) is 0. The van der Waals surface area contributed by atoms with Crippen LogP contribution in [-0.4, -0.2) is 34.7 Å². The molecule has 2 heteroatoms. The van der Waals surface area contributed by atoms with Gasteiger partial charge in [0.25, 0.3) is 0 Å². The Morgan fingerprint density at radius 3 is 0.952 bits per heavy atom. The van der Waals surface area contributed by atoms with E-state index in [4.69, 9.17) is 0 Å². The van der Waals surface area contributed by atoms with E-state index in [1.54, 1.807) is 0 Å². The second-order valence-corrected chi connectivity index (χ2v) is 4.81. The molecule has 0 amide bonds. The zero-order chi connectivity index (χ0) is 13.8. The molecule has 3 aromatic carbocycles. The Balaban J connectivity index is 0.00000161. The molecule has 100 valence electrons. The second-order valence-electron chi connectivity index (χ2n) is 4.81. The van der Waals surface area contributed by atoms with Crippen LogP contribution in [0, 0.1) is 0 Å². The molecule has 0 atom stereocenters. The molecule has 21 heavy (non-hydrogen) atoms. The normalized spacial score (nSPS) is 10.7. The standard InChI is InChI=1S/C19H16O.Na.H/c20-19(16-10-4-1-5-11-16,17-12-6-2-7-13-17)18-14-8-3-9-15-18;;/h1-15,20H;;. The zero-order valence-electron chi connectivity index (χ0n) is 11.1. The van der Waals surface area contributed by atoms with Gasteiger partial charge in [-0.3, -0.25) is 0 Å². The Kier molecular flexibility index (Phi) is 5.38. The Morgan fingerprint density at radius 2 is 0.714 bits per heavy atom. The SMILES string of the molecule is OC(c1ccccc1)(c1ccccc1)c1ccccc1.[NaH]. The van der Waals surface area contributed by atoms with Gasteiger partial charge in [-0.05, 0) is 16.7 Å². The third kappa shape index (κ3) is 3.12. The van der Waals surface area contributed by atoms with Crippen molar-refractivity contribution in [3.8, 4) is 0 Å². The van der Waals surface area contributed by atoms with Crippen molar-refractivity contribution in [3.05, 3.63) is 108 Å². The molecule has 0 heterocycles. The van der Waals surface area contributed by atoms with Gasteiger partial charge < -0.3 is 5.11 Å². The number of benzene rings is 3. The van der Waals surface area contributed by atoms with E-state index >= 15 is 0 Å². The summed E-state index contributed by atoms with van der Waals surface area (Å²) in [5.74, 6) is 0. The van der Waals surface area contributed by atoms with Crippen molar-refractivity contribution in [3.63, 3.8) is 0 Å². The first kappa shape index (κ1) is 16.0. The molecule has 1 N–H and O–H groups in total. The predicted octanol–water partition coefficient (Wildman–Crippen LogP) is 3.32. The molecule has 0 radical (unpaired) electrons. The third-order valence-corrected chi connectivity index (χ3v) is 3.57. The van der Waals surface area contributed by atoms with E-state index < -0.39 is 5.60 Å². The average molecular weight is 284 g/mol. The van der Waals surface area contributed by atoms with Gasteiger partial charge in [0, 0.05) is 0 Å². The quantitative estimate of drug-likeness (QED) is 0.578. The van der Waals surface area contributed by atoms with Crippen LogP contribution in [0.1, 0.15) is 16.7 Å². The predicted molar refractivity (Wildman–Crippen MR) is 88.6 cm³/mol. The molecule has 0 aliphatic heterocycles. The van der Waals surface area contributed by atoms with Gasteiger partial charge in [0.2, 0.25) is 0 Å². The molecule has 0 aliphatic carbocycles. The maximum atomic E-state index is 11.4. The maximum absolute atomic E-state index is 11.4. The Labute approximate surface area is 147 Å². The van der Waals surface area contributed by atoms with Gasteiger partial charge in [-0.15, -0.1) is 0 Å². The molecule has 3 rings (SSSR count). The molecular weight excluding hydrogens is 267 g/mol. The monoisotopic (exact) mass is 284 g/mol.